The maximum atomic E-state index is 5.90. The molecule has 0 aromatic heterocycles. The van der Waals surface area contributed by atoms with E-state index in [4.69, 9.17) is 4.74 Å². The van der Waals surface area contributed by atoms with Crippen molar-refractivity contribution in [1.82, 2.24) is 0 Å². The van der Waals surface area contributed by atoms with Crippen molar-refractivity contribution in [1.29, 1.82) is 0 Å². The summed E-state index contributed by atoms with van der Waals surface area (Å²) in [6, 6.07) is 29.8. The van der Waals surface area contributed by atoms with E-state index >= 15 is 0 Å². The molecule has 3 aromatic carbocycles. The molecule has 4 rings (SSSR count). The Balaban J connectivity index is 1.22. The molecule has 1 saturated heterocycles. The van der Waals surface area contributed by atoms with Crippen LogP contribution in [0.5, 0.6) is 5.75 Å². The molecule has 1 aliphatic rings. The van der Waals surface area contributed by atoms with Crippen LogP contribution in [0.25, 0.3) is 0 Å². The lowest BCUT2D eigenvalue weighted by Gasteiger charge is -2.29. The van der Waals surface area contributed by atoms with Gasteiger partial charge in [0.15, 0.2) is 0 Å². The molecule has 0 unspecified atom stereocenters. The second kappa shape index (κ2) is 9.54. The van der Waals surface area contributed by atoms with Gasteiger partial charge in [0.05, 0.1) is 0 Å². The summed E-state index contributed by atoms with van der Waals surface area (Å²) in [6.07, 6.45) is 0. The van der Waals surface area contributed by atoms with Gasteiger partial charge in [-0.1, -0.05) is 60.7 Å². The molecule has 0 bridgehead atoms. The van der Waals surface area contributed by atoms with Crippen LogP contribution in [-0.2, 0) is 19.7 Å². The highest BCUT2D eigenvalue weighted by molar-refractivity contribution is 5.27. The van der Waals surface area contributed by atoms with Gasteiger partial charge >= 0.3 is 0 Å². The molecule has 28 heavy (non-hydrogen) atoms. The van der Waals surface area contributed by atoms with Crippen molar-refractivity contribution in [2.24, 2.45) is 0 Å². The average Bonchev–Trinajstić information content (AvgIpc) is 2.76. The molecule has 0 amide bonds. The van der Waals surface area contributed by atoms with Gasteiger partial charge < -0.3 is 14.5 Å². The SMILES string of the molecule is c1ccc(COc2ccc(C[NH+]3CC[NH+](Cc4ccccc4)CC3)cc2)cc1. The molecule has 1 fully saturated rings. The average molecular weight is 375 g/mol. The van der Waals surface area contributed by atoms with E-state index in [0.717, 1.165) is 18.8 Å². The lowest BCUT2D eigenvalue weighted by atomic mass is 10.1. The smallest absolute Gasteiger partial charge is 0.127 e. The van der Waals surface area contributed by atoms with Crippen LogP contribution in [-0.4, -0.2) is 26.2 Å². The Hall–Kier alpha value is -2.62. The van der Waals surface area contributed by atoms with Crippen LogP contribution in [0.15, 0.2) is 84.9 Å². The lowest BCUT2D eigenvalue weighted by molar-refractivity contribution is -1.02. The van der Waals surface area contributed by atoms with Crippen LogP contribution < -0.4 is 14.5 Å². The molecule has 0 saturated carbocycles. The molecule has 2 N–H and O–H groups in total. The summed E-state index contributed by atoms with van der Waals surface area (Å²) < 4.78 is 5.90. The van der Waals surface area contributed by atoms with E-state index in [1.54, 1.807) is 9.80 Å². The van der Waals surface area contributed by atoms with Crippen LogP contribution in [0.1, 0.15) is 16.7 Å². The third-order valence-electron chi connectivity index (χ3n) is 5.59. The summed E-state index contributed by atoms with van der Waals surface area (Å²) >= 11 is 0. The van der Waals surface area contributed by atoms with Crippen molar-refractivity contribution < 1.29 is 14.5 Å². The van der Waals surface area contributed by atoms with Crippen LogP contribution in [0, 0.1) is 0 Å². The number of nitrogens with one attached hydrogen (secondary N) is 2. The Kier molecular flexibility index (Phi) is 6.38. The van der Waals surface area contributed by atoms with Gasteiger partial charge in [0.1, 0.15) is 51.6 Å². The Morgan fingerprint density at radius 1 is 0.536 bits per heavy atom. The fraction of sp³-hybridized carbons (Fsp3) is 0.280. The molecular weight excluding hydrogens is 344 g/mol. The quantitative estimate of drug-likeness (QED) is 0.645. The predicted molar refractivity (Wildman–Crippen MR) is 112 cm³/mol. The van der Waals surface area contributed by atoms with E-state index in [1.165, 1.54) is 42.9 Å². The van der Waals surface area contributed by atoms with Crippen LogP contribution in [0.3, 0.4) is 0 Å². The van der Waals surface area contributed by atoms with Crippen molar-refractivity contribution in [3.05, 3.63) is 102 Å². The Bertz CT molecular complexity index is 825. The summed E-state index contributed by atoms with van der Waals surface area (Å²) in [7, 11) is 0. The zero-order valence-corrected chi connectivity index (χ0v) is 16.4. The Morgan fingerprint density at radius 3 is 1.54 bits per heavy atom. The summed E-state index contributed by atoms with van der Waals surface area (Å²) in [5.74, 6) is 0.944. The topological polar surface area (TPSA) is 18.1 Å². The first-order valence-corrected chi connectivity index (χ1v) is 10.3. The molecule has 0 spiro atoms. The van der Waals surface area contributed by atoms with Gasteiger partial charge in [0.25, 0.3) is 0 Å². The van der Waals surface area contributed by atoms with Gasteiger partial charge in [-0.3, -0.25) is 0 Å². The highest BCUT2D eigenvalue weighted by Crippen LogP contribution is 2.13. The monoisotopic (exact) mass is 374 g/mol. The fourth-order valence-electron chi connectivity index (χ4n) is 3.93. The predicted octanol–water partition coefficient (Wildman–Crippen LogP) is 1.75. The second-order valence-electron chi connectivity index (χ2n) is 7.76. The van der Waals surface area contributed by atoms with Crippen molar-refractivity contribution in [2.45, 2.75) is 19.7 Å². The molecule has 1 heterocycles. The Labute approximate surface area is 168 Å². The van der Waals surface area contributed by atoms with E-state index in [1.807, 2.05) is 18.2 Å². The molecule has 144 valence electrons. The van der Waals surface area contributed by atoms with Crippen molar-refractivity contribution in [2.75, 3.05) is 26.2 Å². The van der Waals surface area contributed by atoms with Gasteiger partial charge in [0, 0.05) is 11.1 Å². The third kappa shape index (κ3) is 5.44. The largest absolute Gasteiger partial charge is 0.489 e. The van der Waals surface area contributed by atoms with E-state index in [9.17, 15) is 0 Å². The first kappa shape index (κ1) is 18.7. The van der Waals surface area contributed by atoms with Crippen molar-refractivity contribution in [3.63, 3.8) is 0 Å². The zero-order chi connectivity index (χ0) is 19.0. The molecule has 0 aliphatic carbocycles. The second-order valence-corrected chi connectivity index (χ2v) is 7.76. The minimum atomic E-state index is 0.623. The van der Waals surface area contributed by atoms with E-state index in [2.05, 4.69) is 66.7 Å². The number of piperazine rings is 1. The lowest BCUT2D eigenvalue weighted by Crippen LogP contribution is -3.27. The first-order chi connectivity index (χ1) is 13.8. The normalized spacial score (nSPS) is 19.3. The molecule has 3 heteroatoms. The minimum Gasteiger partial charge on any atom is -0.489 e. The summed E-state index contributed by atoms with van der Waals surface area (Å²) in [6.45, 7) is 7.88. The fourth-order valence-corrected chi connectivity index (χ4v) is 3.93. The molecular formula is C25H30N2O+2. The highest BCUT2D eigenvalue weighted by atomic mass is 16.5. The summed E-state index contributed by atoms with van der Waals surface area (Å²) in [4.78, 5) is 3.40. The van der Waals surface area contributed by atoms with Crippen LogP contribution in [0.4, 0.5) is 0 Å². The number of ether oxygens (including phenoxy) is 1. The summed E-state index contributed by atoms with van der Waals surface area (Å²) in [5.41, 5.74) is 4.05. The van der Waals surface area contributed by atoms with E-state index in [0.29, 0.717) is 6.61 Å². The van der Waals surface area contributed by atoms with Gasteiger partial charge in [-0.15, -0.1) is 0 Å². The standard InChI is InChI=1S/C25H28N2O/c1-3-7-22(8-4-1)19-26-15-17-27(18-16-26)20-23-11-13-25(14-12-23)28-21-24-9-5-2-6-10-24/h1-14H,15-21H2/p+2. The molecule has 1 aliphatic heterocycles. The maximum Gasteiger partial charge on any atom is 0.127 e. The van der Waals surface area contributed by atoms with Gasteiger partial charge in [-0.25, -0.2) is 0 Å². The minimum absolute atomic E-state index is 0.623. The number of rotatable bonds is 7. The number of benzene rings is 3. The van der Waals surface area contributed by atoms with Gasteiger partial charge in [-0.2, -0.15) is 0 Å². The van der Waals surface area contributed by atoms with Crippen molar-refractivity contribution in [3.8, 4) is 5.75 Å². The maximum absolute atomic E-state index is 5.90. The highest BCUT2D eigenvalue weighted by Gasteiger charge is 2.23. The van der Waals surface area contributed by atoms with Crippen LogP contribution >= 0.6 is 0 Å². The molecule has 0 atom stereocenters. The first-order valence-electron chi connectivity index (χ1n) is 10.3. The van der Waals surface area contributed by atoms with Crippen LogP contribution in [0.2, 0.25) is 0 Å². The zero-order valence-electron chi connectivity index (χ0n) is 16.4. The van der Waals surface area contributed by atoms with E-state index in [-0.39, 0.29) is 0 Å². The number of quaternary nitrogens is 2. The number of hydrogen-bond donors (Lipinski definition) is 2. The number of hydrogen-bond acceptors (Lipinski definition) is 1. The van der Waals surface area contributed by atoms with E-state index < -0.39 is 0 Å². The third-order valence-corrected chi connectivity index (χ3v) is 5.59. The molecule has 0 radical (unpaired) electrons. The van der Waals surface area contributed by atoms with Gasteiger partial charge in [-0.05, 0) is 29.8 Å². The molecule has 3 nitrogen and oxygen atoms in total. The molecule has 3 aromatic rings. The Morgan fingerprint density at radius 2 is 1.00 bits per heavy atom. The van der Waals surface area contributed by atoms with Gasteiger partial charge in [0.2, 0.25) is 0 Å². The summed E-state index contributed by atoms with van der Waals surface area (Å²) in [5, 5.41) is 0. The van der Waals surface area contributed by atoms with Crippen molar-refractivity contribution >= 4 is 0 Å².